The molecular formula is C23H41N7O5S. The van der Waals surface area contributed by atoms with E-state index in [9.17, 15) is 14.4 Å². The third-order valence-corrected chi connectivity index (χ3v) is 8.70. The van der Waals surface area contributed by atoms with E-state index in [1.807, 2.05) is 0 Å². The van der Waals surface area contributed by atoms with Crippen molar-refractivity contribution in [1.82, 2.24) is 37.6 Å². The van der Waals surface area contributed by atoms with E-state index >= 15 is 0 Å². The van der Waals surface area contributed by atoms with Crippen molar-refractivity contribution in [3.05, 3.63) is 0 Å². The second kappa shape index (κ2) is 13.8. The molecule has 7 N–H and O–H groups in total. The first-order valence-corrected chi connectivity index (χ1v) is 14.4. The predicted molar refractivity (Wildman–Crippen MR) is 135 cm³/mol. The number of alkyl carbamates (subject to hydrolysis) is 1. The minimum absolute atomic E-state index is 0.00688. The molecule has 204 valence electrons. The molecule has 3 saturated heterocycles. The van der Waals surface area contributed by atoms with Gasteiger partial charge in [0, 0.05) is 36.5 Å². The van der Waals surface area contributed by atoms with Gasteiger partial charge in [-0.05, 0) is 45.6 Å². The number of hydrazine groups is 1. The molecule has 12 nitrogen and oxygen atoms in total. The second-order valence-corrected chi connectivity index (χ2v) is 11.1. The molecule has 36 heavy (non-hydrogen) atoms. The first-order chi connectivity index (χ1) is 17.5. The van der Waals surface area contributed by atoms with Gasteiger partial charge in [0.2, 0.25) is 11.8 Å². The zero-order valence-electron chi connectivity index (χ0n) is 21.0. The van der Waals surface area contributed by atoms with E-state index in [2.05, 4.69) is 37.6 Å². The Hall–Kier alpha value is -1.64. The van der Waals surface area contributed by atoms with Crippen molar-refractivity contribution in [2.45, 2.75) is 82.2 Å². The summed E-state index contributed by atoms with van der Waals surface area (Å²) in [5.41, 5.74) is 8.95. The smallest absolute Gasteiger partial charge is 0.407 e. The number of hydrogen-bond donors (Lipinski definition) is 7. The summed E-state index contributed by atoms with van der Waals surface area (Å²) in [6.07, 6.45) is 6.41. The highest BCUT2D eigenvalue weighted by atomic mass is 32.2. The van der Waals surface area contributed by atoms with Crippen molar-refractivity contribution < 1.29 is 24.0 Å². The molecule has 0 spiro atoms. The third kappa shape index (κ3) is 7.68. The fourth-order valence-corrected chi connectivity index (χ4v) is 6.82. The van der Waals surface area contributed by atoms with Gasteiger partial charge in [-0.15, -0.1) is 11.8 Å². The average Bonchev–Trinajstić information content (AvgIpc) is 3.54. The number of carbonyl (C=O) groups excluding carboxylic acids is 3. The topological polar surface area (TPSA) is 154 Å². The summed E-state index contributed by atoms with van der Waals surface area (Å²) in [4.78, 5) is 41.6. The molecule has 7 atom stereocenters. The van der Waals surface area contributed by atoms with Crippen LogP contribution in [0.2, 0.25) is 0 Å². The Bertz CT molecular complexity index is 762. The van der Waals surface area contributed by atoms with Crippen LogP contribution in [0.25, 0.3) is 0 Å². The Kier molecular flexibility index (Phi) is 10.5. The number of ether oxygens (including phenoxy) is 1. The average molecular weight is 528 g/mol. The lowest BCUT2D eigenvalue weighted by molar-refractivity contribution is -0.134. The van der Waals surface area contributed by atoms with Crippen molar-refractivity contribution in [3.8, 4) is 0 Å². The molecule has 0 aromatic carbocycles. The number of hydrogen-bond acceptors (Lipinski definition) is 10. The van der Waals surface area contributed by atoms with Gasteiger partial charge < -0.3 is 20.7 Å². The monoisotopic (exact) mass is 527 g/mol. The summed E-state index contributed by atoms with van der Waals surface area (Å²) in [6, 6.07) is 0. The zero-order valence-corrected chi connectivity index (χ0v) is 21.8. The Balaban J connectivity index is 1.04. The van der Waals surface area contributed by atoms with Crippen molar-refractivity contribution >= 4 is 29.7 Å². The highest BCUT2D eigenvalue weighted by molar-refractivity contribution is 8.00. The molecule has 4 fully saturated rings. The summed E-state index contributed by atoms with van der Waals surface area (Å²) in [5, 5.41) is 12.8. The lowest BCUT2D eigenvalue weighted by atomic mass is 9.76. The molecule has 13 heteroatoms. The molecule has 3 heterocycles. The summed E-state index contributed by atoms with van der Waals surface area (Å²) >= 11 is 1.70. The van der Waals surface area contributed by atoms with Crippen LogP contribution in [0.4, 0.5) is 4.79 Å². The SMILES string of the molecule is CCOC(=O)NC1CC(C2NOC(CCC(=O)NCCCNC3NNC(=O)C4CCCCC34)N2)CS1. The summed E-state index contributed by atoms with van der Waals surface area (Å²) in [6.45, 7) is 3.52. The molecule has 0 bridgehead atoms. The van der Waals surface area contributed by atoms with Crippen LogP contribution in [0.15, 0.2) is 0 Å². The maximum atomic E-state index is 12.3. The van der Waals surface area contributed by atoms with Crippen LogP contribution in [-0.2, 0) is 19.2 Å². The van der Waals surface area contributed by atoms with Crippen LogP contribution in [0.1, 0.15) is 58.3 Å². The zero-order chi connectivity index (χ0) is 25.3. The maximum Gasteiger partial charge on any atom is 0.407 e. The van der Waals surface area contributed by atoms with E-state index in [1.54, 1.807) is 18.7 Å². The first-order valence-electron chi connectivity index (χ1n) is 13.3. The van der Waals surface area contributed by atoms with E-state index in [0.717, 1.165) is 44.4 Å². The van der Waals surface area contributed by atoms with E-state index < -0.39 is 0 Å². The van der Waals surface area contributed by atoms with Crippen molar-refractivity contribution in [2.75, 3.05) is 25.4 Å². The van der Waals surface area contributed by atoms with E-state index in [-0.39, 0.29) is 47.8 Å². The van der Waals surface area contributed by atoms with Gasteiger partial charge in [0.1, 0.15) is 6.23 Å². The standard InChI is InChI=1S/C23H41N7O5S/c1-2-34-23(33)27-19-12-14(13-36-19)20-26-18(35-30-20)9-8-17(31)24-10-5-11-25-21-15-6-3-4-7-16(15)22(32)29-28-21/h14-16,18-21,25-26,28,30H,2-13H2,1H3,(H,24,31)(H,27,33)(H,29,32). The van der Waals surface area contributed by atoms with E-state index in [0.29, 0.717) is 37.8 Å². The molecule has 7 unspecified atom stereocenters. The fourth-order valence-electron chi connectivity index (χ4n) is 5.45. The first kappa shape index (κ1) is 27.4. The Morgan fingerprint density at radius 3 is 2.94 bits per heavy atom. The number of thioether (sulfide) groups is 1. The van der Waals surface area contributed by atoms with Gasteiger partial charge in [0.15, 0.2) is 0 Å². The van der Waals surface area contributed by atoms with Crippen molar-refractivity contribution in [3.63, 3.8) is 0 Å². The number of nitrogens with one attached hydrogen (secondary N) is 7. The molecule has 0 aromatic rings. The molecular weight excluding hydrogens is 486 g/mol. The normalized spacial score (nSPS) is 34.0. The minimum atomic E-state index is -0.379. The highest BCUT2D eigenvalue weighted by Gasteiger charge is 2.40. The van der Waals surface area contributed by atoms with Crippen LogP contribution >= 0.6 is 11.8 Å². The maximum absolute atomic E-state index is 12.3. The molecule has 3 amide bonds. The van der Waals surface area contributed by atoms with Gasteiger partial charge in [-0.2, -0.15) is 5.48 Å². The summed E-state index contributed by atoms with van der Waals surface area (Å²) in [7, 11) is 0. The fraction of sp³-hybridized carbons (Fsp3) is 0.870. The summed E-state index contributed by atoms with van der Waals surface area (Å²) in [5.74, 6) is 1.77. The van der Waals surface area contributed by atoms with Gasteiger partial charge >= 0.3 is 6.09 Å². The van der Waals surface area contributed by atoms with Gasteiger partial charge in [-0.25, -0.2) is 10.2 Å². The predicted octanol–water partition coefficient (Wildman–Crippen LogP) is 0.231. The molecule has 3 aliphatic heterocycles. The number of fused-ring (bicyclic) bond motifs is 1. The Morgan fingerprint density at radius 2 is 2.08 bits per heavy atom. The van der Waals surface area contributed by atoms with Crippen LogP contribution in [0.5, 0.6) is 0 Å². The van der Waals surface area contributed by atoms with Crippen molar-refractivity contribution in [1.29, 1.82) is 0 Å². The lowest BCUT2D eigenvalue weighted by Crippen LogP contribution is -2.64. The molecule has 1 aliphatic carbocycles. The lowest BCUT2D eigenvalue weighted by Gasteiger charge is -2.41. The highest BCUT2D eigenvalue weighted by Crippen LogP contribution is 2.34. The molecule has 4 aliphatic rings. The van der Waals surface area contributed by atoms with Crippen LogP contribution in [-0.4, -0.2) is 67.3 Å². The van der Waals surface area contributed by atoms with E-state index in [4.69, 9.17) is 9.57 Å². The molecule has 0 aromatic heterocycles. The molecule has 4 rings (SSSR count). The second-order valence-electron chi connectivity index (χ2n) is 9.91. The number of hydroxylamine groups is 1. The molecule has 1 saturated carbocycles. The number of rotatable bonds is 11. The number of amides is 3. The van der Waals surface area contributed by atoms with Crippen molar-refractivity contribution in [2.24, 2.45) is 17.8 Å². The third-order valence-electron chi connectivity index (χ3n) is 7.37. The Labute approximate surface area is 216 Å². The van der Waals surface area contributed by atoms with Gasteiger partial charge in [-0.1, -0.05) is 12.8 Å². The van der Waals surface area contributed by atoms with Gasteiger partial charge in [0.25, 0.3) is 0 Å². The van der Waals surface area contributed by atoms with E-state index in [1.165, 1.54) is 6.42 Å². The van der Waals surface area contributed by atoms with Gasteiger partial charge in [0.05, 0.1) is 24.3 Å². The largest absolute Gasteiger partial charge is 0.450 e. The minimum Gasteiger partial charge on any atom is -0.450 e. The quantitative estimate of drug-likeness (QED) is 0.186. The van der Waals surface area contributed by atoms with Crippen LogP contribution < -0.4 is 37.6 Å². The Morgan fingerprint density at radius 1 is 1.22 bits per heavy atom. The van der Waals surface area contributed by atoms with Gasteiger partial charge in [-0.3, -0.25) is 25.2 Å². The van der Waals surface area contributed by atoms with Crippen LogP contribution in [0.3, 0.4) is 0 Å². The molecule has 0 radical (unpaired) electrons. The summed E-state index contributed by atoms with van der Waals surface area (Å²) < 4.78 is 4.95. The number of carbonyl (C=O) groups is 3. The van der Waals surface area contributed by atoms with Crippen LogP contribution in [0, 0.1) is 17.8 Å².